The molecule has 0 fully saturated rings. The molecule has 2 N–H and O–H groups in total. The molecule has 0 unspecified atom stereocenters. The average molecular weight is 239 g/mol. The van der Waals surface area contributed by atoms with Crippen molar-refractivity contribution in [3.8, 4) is 6.07 Å². The Labute approximate surface area is 106 Å². The van der Waals surface area contributed by atoms with Gasteiger partial charge < -0.3 is 10.4 Å². The molecule has 0 aliphatic heterocycles. The zero-order chi connectivity index (χ0) is 12.8. The highest BCUT2D eigenvalue weighted by Gasteiger charge is 1.97. The molecule has 18 heavy (non-hydrogen) atoms. The number of rotatable bonds is 4. The monoisotopic (exact) mass is 239 g/mol. The second kappa shape index (κ2) is 5.80. The van der Waals surface area contributed by atoms with E-state index in [1.54, 1.807) is 18.3 Å². The summed E-state index contributed by atoms with van der Waals surface area (Å²) in [5, 5.41) is 20.9. The van der Waals surface area contributed by atoms with Crippen molar-refractivity contribution >= 4 is 5.82 Å². The Bertz CT molecular complexity index is 558. The number of aliphatic hydroxyl groups excluding tert-OH is 1. The SMILES string of the molecule is N#Cc1ccnc(NCc2ccc(CO)cc2)c1. The van der Waals surface area contributed by atoms with Gasteiger partial charge >= 0.3 is 0 Å². The van der Waals surface area contributed by atoms with E-state index in [2.05, 4.69) is 16.4 Å². The molecule has 4 heteroatoms. The van der Waals surface area contributed by atoms with Gasteiger partial charge in [0.2, 0.25) is 0 Å². The van der Waals surface area contributed by atoms with Crippen molar-refractivity contribution in [3.63, 3.8) is 0 Å². The third-order valence-corrected chi connectivity index (χ3v) is 2.57. The van der Waals surface area contributed by atoms with E-state index in [-0.39, 0.29) is 6.61 Å². The van der Waals surface area contributed by atoms with Gasteiger partial charge in [0, 0.05) is 12.7 Å². The summed E-state index contributed by atoms with van der Waals surface area (Å²) in [6, 6.07) is 13.1. The number of aromatic nitrogens is 1. The van der Waals surface area contributed by atoms with Crippen LogP contribution in [0.15, 0.2) is 42.6 Å². The Morgan fingerprint density at radius 1 is 1.17 bits per heavy atom. The molecule has 0 saturated carbocycles. The van der Waals surface area contributed by atoms with Crippen LogP contribution >= 0.6 is 0 Å². The quantitative estimate of drug-likeness (QED) is 0.856. The van der Waals surface area contributed by atoms with Crippen LogP contribution in [-0.2, 0) is 13.2 Å². The molecule has 2 rings (SSSR count). The molecule has 0 amide bonds. The second-order valence-electron chi connectivity index (χ2n) is 3.87. The van der Waals surface area contributed by atoms with E-state index in [4.69, 9.17) is 10.4 Å². The van der Waals surface area contributed by atoms with Crippen molar-refractivity contribution in [2.24, 2.45) is 0 Å². The van der Waals surface area contributed by atoms with Crippen molar-refractivity contribution in [2.75, 3.05) is 5.32 Å². The van der Waals surface area contributed by atoms with Crippen LogP contribution in [0.2, 0.25) is 0 Å². The summed E-state index contributed by atoms with van der Waals surface area (Å²) < 4.78 is 0. The van der Waals surface area contributed by atoms with E-state index in [0.717, 1.165) is 11.1 Å². The van der Waals surface area contributed by atoms with E-state index < -0.39 is 0 Å². The predicted octanol–water partition coefficient (Wildman–Crippen LogP) is 2.06. The molecule has 2 aromatic rings. The van der Waals surface area contributed by atoms with Crippen LogP contribution in [0.3, 0.4) is 0 Å². The number of nitriles is 1. The highest BCUT2D eigenvalue weighted by Crippen LogP contribution is 2.09. The molecule has 0 radical (unpaired) electrons. The van der Waals surface area contributed by atoms with E-state index in [1.165, 1.54) is 0 Å². The summed E-state index contributed by atoms with van der Waals surface area (Å²) in [7, 11) is 0. The first kappa shape index (κ1) is 12.1. The summed E-state index contributed by atoms with van der Waals surface area (Å²) >= 11 is 0. The van der Waals surface area contributed by atoms with E-state index in [0.29, 0.717) is 17.9 Å². The first-order valence-electron chi connectivity index (χ1n) is 5.60. The number of nitrogens with zero attached hydrogens (tertiary/aromatic N) is 2. The van der Waals surface area contributed by atoms with Gasteiger partial charge in [0.1, 0.15) is 5.82 Å². The number of pyridine rings is 1. The number of anilines is 1. The number of benzene rings is 1. The molecule has 0 bridgehead atoms. The van der Waals surface area contributed by atoms with Crippen LogP contribution < -0.4 is 5.32 Å². The van der Waals surface area contributed by atoms with Crippen LogP contribution in [0, 0.1) is 11.3 Å². The molecule has 4 nitrogen and oxygen atoms in total. The van der Waals surface area contributed by atoms with Gasteiger partial charge in [0.05, 0.1) is 18.2 Å². The minimum Gasteiger partial charge on any atom is -0.392 e. The maximum Gasteiger partial charge on any atom is 0.127 e. The first-order chi connectivity index (χ1) is 8.81. The molecule has 1 aromatic heterocycles. The van der Waals surface area contributed by atoms with Crippen LogP contribution in [-0.4, -0.2) is 10.1 Å². The fourth-order valence-electron chi connectivity index (χ4n) is 1.55. The number of hydrogen-bond donors (Lipinski definition) is 2. The van der Waals surface area contributed by atoms with Crippen LogP contribution in [0.25, 0.3) is 0 Å². The molecule has 1 heterocycles. The maximum absolute atomic E-state index is 8.94. The molecule has 1 aromatic carbocycles. The standard InChI is InChI=1S/C14H13N3O/c15-8-13-5-6-16-14(7-13)17-9-11-1-3-12(10-18)4-2-11/h1-7,18H,9-10H2,(H,16,17). The van der Waals surface area contributed by atoms with Gasteiger partial charge in [0.15, 0.2) is 0 Å². The highest BCUT2D eigenvalue weighted by atomic mass is 16.3. The summed E-state index contributed by atoms with van der Waals surface area (Å²) in [4.78, 5) is 4.13. The summed E-state index contributed by atoms with van der Waals surface area (Å²) in [5.74, 6) is 0.681. The summed E-state index contributed by atoms with van der Waals surface area (Å²) in [6.07, 6.45) is 1.61. The average Bonchev–Trinajstić information content (AvgIpc) is 2.46. The van der Waals surface area contributed by atoms with Crippen LogP contribution in [0.1, 0.15) is 16.7 Å². The van der Waals surface area contributed by atoms with E-state index >= 15 is 0 Å². The minimum absolute atomic E-state index is 0.0550. The molecular formula is C14H13N3O. The predicted molar refractivity (Wildman–Crippen MR) is 68.6 cm³/mol. The fraction of sp³-hybridized carbons (Fsp3) is 0.143. The smallest absolute Gasteiger partial charge is 0.127 e. The Kier molecular flexibility index (Phi) is 3.90. The molecule has 0 saturated heterocycles. The van der Waals surface area contributed by atoms with Gasteiger partial charge in [-0.3, -0.25) is 0 Å². The number of aliphatic hydroxyl groups is 1. The largest absolute Gasteiger partial charge is 0.392 e. The lowest BCUT2D eigenvalue weighted by Gasteiger charge is -2.06. The van der Waals surface area contributed by atoms with Gasteiger partial charge in [0.25, 0.3) is 0 Å². The number of hydrogen-bond acceptors (Lipinski definition) is 4. The Hall–Kier alpha value is -2.38. The lowest BCUT2D eigenvalue weighted by Crippen LogP contribution is -2.01. The van der Waals surface area contributed by atoms with Gasteiger partial charge in [-0.1, -0.05) is 24.3 Å². The number of nitrogens with one attached hydrogen (secondary N) is 1. The van der Waals surface area contributed by atoms with Gasteiger partial charge in [-0.05, 0) is 23.3 Å². The second-order valence-corrected chi connectivity index (χ2v) is 3.87. The topological polar surface area (TPSA) is 68.9 Å². The molecular weight excluding hydrogens is 226 g/mol. The van der Waals surface area contributed by atoms with Crippen molar-refractivity contribution < 1.29 is 5.11 Å². The summed E-state index contributed by atoms with van der Waals surface area (Å²) in [6.45, 7) is 0.688. The van der Waals surface area contributed by atoms with Gasteiger partial charge in [-0.25, -0.2) is 4.98 Å². The first-order valence-corrected chi connectivity index (χ1v) is 5.60. The molecule has 90 valence electrons. The van der Waals surface area contributed by atoms with Crippen molar-refractivity contribution in [2.45, 2.75) is 13.2 Å². The molecule has 0 aliphatic carbocycles. The summed E-state index contributed by atoms with van der Waals surface area (Å²) in [5.41, 5.74) is 2.57. The van der Waals surface area contributed by atoms with Crippen molar-refractivity contribution in [3.05, 3.63) is 59.3 Å². The van der Waals surface area contributed by atoms with Crippen LogP contribution in [0.4, 0.5) is 5.82 Å². The van der Waals surface area contributed by atoms with E-state index in [9.17, 15) is 0 Å². The van der Waals surface area contributed by atoms with Crippen molar-refractivity contribution in [1.29, 1.82) is 5.26 Å². The maximum atomic E-state index is 8.94. The zero-order valence-corrected chi connectivity index (χ0v) is 9.80. The normalized spacial score (nSPS) is 9.78. The lowest BCUT2D eigenvalue weighted by molar-refractivity contribution is 0.282. The fourth-order valence-corrected chi connectivity index (χ4v) is 1.55. The highest BCUT2D eigenvalue weighted by molar-refractivity contribution is 5.42. The third kappa shape index (κ3) is 3.06. The Morgan fingerprint density at radius 2 is 1.89 bits per heavy atom. The Balaban J connectivity index is 2.00. The zero-order valence-electron chi connectivity index (χ0n) is 9.80. The van der Waals surface area contributed by atoms with E-state index in [1.807, 2.05) is 24.3 Å². The van der Waals surface area contributed by atoms with Crippen LogP contribution in [0.5, 0.6) is 0 Å². The van der Waals surface area contributed by atoms with Gasteiger partial charge in [-0.15, -0.1) is 0 Å². The molecule has 0 atom stereocenters. The van der Waals surface area contributed by atoms with Crippen molar-refractivity contribution in [1.82, 2.24) is 4.98 Å². The minimum atomic E-state index is 0.0550. The lowest BCUT2D eigenvalue weighted by atomic mass is 10.1. The molecule has 0 aliphatic rings. The Morgan fingerprint density at radius 3 is 2.56 bits per heavy atom. The molecule has 0 spiro atoms. The van der Waals surface area contributed by atoms with Gasteiger partial charge in [-0.2, -0.15) is 5.26 Å². The third-order valence-electron chi connectivity index (χ3n) is 2.57.